The topological polar surface area (TPSA) is 58.6 Å². The van der Waals surface area contributed by atoms with Crippen LogP contribution in [0.4, 0.5) is 5.69 Å². The van der Waals surface area contributed by atoms with Crippen LogP contribution in [0.2, 0.25) is 0 Å². The third-order valence-corrected chi connectivity index (χ3v) is 3.08. The van der Waals surface area contributed by atoms with Gasteiger partial charge in [-0.3, -0.25) is 4.79 Å². The summed E-state index contributed by atoms with van der Waals surface area (Å²) in [6.45, 7) is 3.81. The standard InChI is InChI=1S/C17H19NO3/c1-12-10-15(21-11-14-6-4-3-5-7-14)8-9-16(12)18-17(20)13(2)19/h3-10,13,19H,11H2,1-2H3,(H,18,20). The summed E-state index contributed by atoms with van der Waals surface area (Å²) in [4.78, 5) is 11.5. The highest BCUT2D eigenvalue weighted by atomic mass is 16.5. The molecule has 110 valence electrons. The Morgan fingerprint density at radius 2 is 1.95 bits per heavy atom. The average Bonchev–Trinajstić information content (AvgIpc) is 2.48. The van der Waals surface area contributed by atoms with Gasteiger partial charge in [-0.1, -0.05) is 30.3 Å². The van der Waals surface area contributed by atoms with Gasteiger partial charge in [0.15, 0.2) is 0 Å². The van der Waals surface area contributed by atoms with Crippen molar-refractivity contribution < 1.29 is 14.6 Å². The van der Waals surface area contributed by atoms with Crippen molar-refractivity contribution in [1.82, 2.24) is 0 Å². The predicted octanol–water partition coefficient (Wildman–Crippen LogP) is 2.89. The Morgan fingerprint density at radius 1 is 1.24 bits per heavy atom. The second-order valence-electron chi connectivity index (χ2n) is 4.92. The Hall–Kier alpha value is -2.33. The van der Waals surface area contributed by atoms with Gasteiger partial charge in [0.25, 0.3) is 5.91 Å². The van der Waals surface area contributed by atoms with Crippen LogP contribution < -0.4 is 10.1 Å². The van der Waals surface area contributed by atoms with Crippen LogP contribution in [0, 0.1) is 6.92 Å². The highest BCUT2D eigenvalue weighted by molar-refractivity contribution is 5.94. The number of hydrogen-bond donors (Lipinski definition) is 2. The van der Waals surface area contributed by atoms with E-state index in [0.717, 1.165) is 16.9 Å². The molecular weight excluding hydrogens is 266 g/mol. The molecule has 0 saturated carbocycles. The molecule has 0 heterocycles. The lowest BCUT2D eigenvalue weighted by Gasteiger charge is -2.12. The number of aliphatic hydroxyl groups is 1. The Labute approximate surface area is 124 Å². The molecule has 0 fully saturated rings. The first-order valence-corrected chi connectivity index (χ1v) is 6.82. The number of benzene rings is 2. The molecule has 2 aromatic carbocycles. The van der Waals surface area contributed by atoms with Gasteiger partial charge in [-0.2, -0.15) is 0 Å². The quantitative estimate of drug-likeness (QED) is 0.888. The Balaban J connectivity index is 2.00. The fourth-order valence-electron chi connectivity index (χ4n) is 1.84. The van der Waals surface area contributed by atoms with Crippen LogP contribution in [0.1, 0.15) is 18.1 Å². The van der Waals surface area contributed by atoms with Gasteiger partial charge in [0.1, 0.15) is 18.5 Å². The van der Waals surface area contributed by atoms with E-state index in [4.69, 9.17) is 4.74 Å². The third kappa shape index (κ3) is 4.33. The van der Waals surface area contributed by atoms with Crippen molar-refractivity contribution >= 4 is 11.6 Å². The molecule has 0 bridgehead atoms. The predicted molar refractivity (Wildman–Crippen MR) is 82.3 cm³/mol. The normalized spacial score (nSPS) is 11.8. The third-order valence-electron chi connectivity index (χ3n) is 3.08. The van der Waals surface area contributed by atoms with Gasteiger partial charge in [0.2, 0.25) is 0 Å². The number of ether oxygens (including phenoxy) is 1. The maximum Gasteiger partial charge on any atom is 0.252 e. The Bertz CT molecular complexity index is 609. The van der Waals surface area contributed by atoms with Crippen molar-refractivity contribution in [1.29, 1.82) is 0 Å². The minimum Gasteiger partial charge on any atom is -0.489 e. The number of aliphatic hydroxyl groups excluding tert-OH is 1. The zero-order chi connectivity index (χ0) is 15.2. The van der Waals surface area contributed by atoms with Crippen LogP contribution in [0.5, 0.6) is 5.75 Å². The van der Waals surface area contributed by atoms with E-state index in [0.29, 0.717) is 12.3 Å². The summed E-state index contributed by atoms with van der Waals surface area (Å²) in [5, 5.41) is 11.9. The molecule has 1 unspecified atom stereocenters. The fourth-order valence-corrected chi connectivity index (χ4v) is 1.84. The van der Waals surface area contributed by atoms with E-state index in [9.17, 15) is 9.90 Å². The fraction of sp³-hybridized carbons (Fsp3) is 0.235. The van der Waals surface area contributed by atoms with Gasteiger partial charge in [0.05, 0.1) is 0 Å². The van der Waals surface area contributed by atoms with Crippen LogP contribution in [0.15, 0.2) is 48.5 Å². The molecule has 2 aromatic rings. The molecule has 1 amide bonds. The van der Waals surface area contributed by atoms with E-state index in [1.165, 1.54) is 6.92 Å². The summed E-state index contributed by atoms with van der Waals surface area (Å²) in [6.07, 6.45) is -1.03. The summed E-state index contributed by atoms with van der Waals surface area (Å²) < 4.78 is 5.72. The number of anilines is 1. The number of rotatable bonds is 5. The largest absolute Gasteiger partial charge is 0.489 e. The number of amides is 1. The minimum absolute atomic E-state index is 0.420. The highest BCUT2D eigenvalue weighted by Gasteiger charge is 2.10. The van der Waals surface area contributed by atoms with Crippen molar-refractivity contribution in [2.24, 2.45) is 0 Å². The monoisotopic (exact) mass is 285 g/mol. The molecule has 2 rings (SSSR count). The SMILES string of the molecule is Cc1cc(OCc2ccccc2)ccc1NC(=O)C(C)O. The van der Waals surface area contributed by atoms with Crippen LogP contribution in [0.3, 0.4) is 0 Å². The van der Waals surface area contributed by atoms with Gasteiger partial charge in [0, 0.05) is 5.69 Å². The van der Waals surface area contributed by atoms with Crippen molar-refractivity contribution in [3.05, 3.63) is 59.7 Å². The van der Waals surface area contributed by atoms with E-state index < -0.39 is 12.0 Å². The zero-order valence-corrected chi connectivity index (χ0v) is 12.2. The number of carbonyl (C=O) groups excluding carboxylic acids is 1. The lowest BCUT2D eigenvalue weighted by molar-refractivity contribution is -0.123. The molecule has 0 aliphatic rings. The van der Waals surface area contributed by atoms with Crippen LogP contribution in [0.25, 0.3) is 0 Å². The van der Waals surface area contributed by atoms with Gasteiger partial charge in [-0.05, 0) is 43.2 Å². The van der Waals surface area contributed by atoms with E-state index in [-0.39, 0.29) is 0 Å². The van der Waals surface area contributed by atoms with E-state index >= 15 is 0 Å². The lowest BCUT2D eigenvalue weighted by Crippen LogP contribution is -2.24. The molecule has 4 heteroatoms. The number of hydrogen-bond acceptors (Lipinski definition) is 3. The van der Waals surface area contributed by atoms with Crippen molar-refractivity contribution in [2.75, 3.05) is 5.32 Å². The molecule has 0 saturated heterocycles. The first-order chi connectivity index (χ1) is 10.1. The summed E-state index contributed by atoms with van der Waals surface area (Å²) in [5.74, 6) is 0.322. The summed E-state index contributed by atoms with van der Waals surface area (Å²) >= 11 is 0. The number of nitrogens with one attached hydrogen (secondary N) is 1. The van der Waals surface area contributed by atoms with Gasteiger partial charge >= 0.3 is 0 Å². The second kappa shape index (κ2) is 6.90. The van der Waals surface area contributed by atoms with Crippen molar-refractivity contribution in [3.8, 4) is 5.75 Å². The number of carbonyl (C=O) groups is 1. The molecule has 0 aromatic heterocycles. The summed E-state index contributed by atoms with van der Waals surface area (Å²) in [7, 11) is 0. The van der Waals surface area contributed by atoms with Gasteiger partial charge in [-0.15, -0.1) is 0 Å². The molecule has 0 spiro atoms. The molecule has 0 aliphatic carbocycles. The average molecular weight is 285 g/mol. The van der Waals surface area contributed by atoms with E-state index in [2.05, 4.69) is 5.32 Å². The molecule has 21 heavy (non-hydrogen) atoms. The molecule has 2 N–H and O–H groups in total. The van der Waals surface area contributed by atoms with Crippen molar-refractivity contribution in [2.45, 2.75) is 26.6 Å². The lowest BCUT2D eigenvalue weighted by atomic mass is 10.2. The smallest absolute Gasteiger partial charge is 0.252 e. The van der Waals surface area contributed by atoms with Crippen LogP contribution in [-0.2, 0) is 11.4 Å². The van der Waals surface area contributed by atoms with Gasteiger partial charge < -0.3 is 15.2 Å². The molecule has 0 radical (unpaired) electrons. The van der Waals surface area contributed by atoms with Crippen LogP contribution in [-0.4, -0.2) is 17.1 Å². The Kier molecular flexibility index (Phi) is 4.95. The molecular formula is C17H19NO3. The van der Waals surface area contributed by atoms with E-state index in [1.807, 2.05) is 43.3 Å². The maximum absolute atomic E-state index is 11.5. The van der Waals surface area contributed by atoms with Gasteiger partial charge in [-0.25, -0.2) is 0 Å². The maximum atomic E-state index is 11.5. The molecule has 4 nitrogen and oxygen atoms in total. The zero-order valence-electron chi connectivity index (χ0n) is 12.2. The highest BCUT2D eigenvalue weighted by Crippen LogP contribution is 2.22. The first kappa shape index (κ1) is 15.1. The molecule has 0 aliphatic heterocycles. The number of aryl methyl sites for hydroxylation is 1. The van der Waals surface area contributed by atoms with Crippen molar-refractivity contribution in [3.63, 3.8) is 0 Å². The first-order valence-electron chi connectivity index (χ1n) is 6.82. The summed E-state index contributed by atoms with van der Waals surface area (Å²) in [6, 6.07) is 15.4. The minimum atomic E-state index is -1.03. The summed E-state index contributed by atoms with van der Waals surface area (Å²) in [5.41, 5.74) is 2.66. The van der Waals surface area contributed by atoms with Crippen LogP contribution >= 0.6 is 0 Å². The Morgan fingerprint density at radius 3 is 2.57 bits per heavy atom. The second-order valence-corrected chi connectivity index (χ2v) is 4.92. The van der Waals surface area contributed by atoms with E-state index in [1.54, 1.807) is 12.1 Å². The molecule has 1 atom stereocenters.